The maximum absolute atomic E-state index is 13.0. The van der Waals surface area contributed by atoms with Crippen LogP contribution in [0.4, 0.5) is 0 Å². The average Bonchev–Trinajstić information content (AvgIpc) is 3.01. The van der Waals surface area contributed by atoms with E-state index in [-0.39, 0.29) is 12.5 Å². The number of rotatable bonds is 5. The Morgan fingerprint density at radius 3 is 2.70 bits per heavy atom. The third-order valence-corrected chi connectivity index (χ3v) is 5.21. The first-order valence-corrected chi connectivity index (χ1v) is 9.54. The van der Waals surface area contributed by atoms with Crippen molar-refractivity contribution in [1.82, 2.24) is 4.90 Å². The van der Waals surface area contributed by atoms with E-state index in [4.69, 9.17) is 21.1 Å². The lowest BCUT2D eigenvalue weighted by atomic mass is 9.80. The lowest BCUT2D eigenvalue weighted by molar-refractivity contribution is -0.140. The van der Waals surface area contributed by atoms with E-state index >= 15 is 0 Å². The largest absolute Gasteiger partial charge is 0.462 e. The van der Waals surface area contributed by atoms with E-state index in [1.165, 1.54) is 0 Å². The summed E-state index contributed by atoms with van der Waals surface area (Å²) in [7, 11) is 0. The van der Waals surface area contributed by atoms with E-state index in [9.17, 15) is 9.59 Å². The predicted octanol–water partition coefficient (Wildman–Crippen LogP) is 4.04. The van der Waals surface area contributed by atoms with Crippen molar-refractivity contribution in [2.24, 2.45) is 5.92 Å². The number of cyclic esters (lactones) is 1. The molecule has 0 saturated heterocycles. The zero-order chi connectivity index (χ0) is 19.7. The van der Waals surface area contributed by atoms with Crippen molar-refractivity contribution < 1.29 is 19.1 Å². The molecule has 0 radical (unpaired) electrons. The van der Waals surface area contributed by atoms with E-state index in [0.29, 0.717) is 34.9 Å². The van der Waals surface area contributed by atoms with Gasteiger partial charge in [0.15, 0.2) is 0 Å². The number of ether oxygens (including phenoxy) is 2. The molecule has 0 amide bonds. The quantitative estimate of drug-likeness (QED) is 0.711. The molecule has 144 valence electrons. The lowest BCUT2D eigenvalue weighted by Crippen LogP contribution is -2.34. The van der Waals surface area contributed by atoms with Gasteiger partial charge in [-0.3, -0.25) is 0 Å². The molecule has 1 aromatic carbocycles. The van der Waals surface area contributed by atoms with Gasteiger partial charge in [-0.1, -0.05) is 43.6 Å². The first-order valence-electron chi connectivity index (χ1n) is 9.16. The van der Waals surface area contributed by atoms with Crippen LogP contribution in [0.2, 0.25) is 5.02 Å². The number of likely N-dealkylation sites (N-methyl/N-ethyl adjacent to an activating group) is 1. The highest BCUT2D eigenvalue weighted by atomic mass is 35.5. The Hall–Kier alpha value is -2.27. The Bertz CT molecular complexity index is 840. The van der Waals surface area contributed by atoms with Crippen molar-refractivity contribution >= 4 is 23.5 Å². The minimum absolute atomic E-state index is 0.203. The molecule has 1 aromatic rings. The molecule has 2 heterocycles. The molecule has 0 aliphatic carbocycles. The molecule has 6 heteroatoms. The first kappa shape index (κ1) is 19.5. The van der Waals surface area contributed by atoms with Crippen molar-refractivity contribution in [2.75, 3.05) is 19.8 Å². The van der Waals surface area contributed by atoms with Crippen molar-refractivity contribution in [1.29, 1.82) is 0 Å². The number of esters is 2. The monoisotopic (exact) mass is 389 g/mol. The smallest absolute Gasteiger partial charge is 0.337 e. The zero-order valence-corrected chi connectivity index (χ0v) is 16.8. The molecule has 0 spiro atoms. The summed E-state index contributed by atoms with van der Waals surface area (Å²) in [6, 6.07) is 7.27. The first-order chi connectivity index (χ1) is 12.9. The molecular formula is C21H24ClNO4. The number of hydrogen-bond donors (Lipinski definition) is 0. The minimum atomic E-state index is -0.592. The molecule has 2 aliphatic rings. The topological polar surface area (TPSA) is 55.8 Å². The number of carbonyl (C=O) groups excluding carboxylic acids is 2. The molecule has 0 bridgehead atoms. The van der Waals surface area contributed by atoms with Gasteiger partial charge in [0, 0.05) is 17.3 Å². The normalized spacial score (nSPS) is 19.6. The Kier molecular flexibility index (Phi) is 5.61. The van der Waals surface area contributed by atoms with Crippen molar-refractivity contribution in [2.45, 2.75) is 33.6 Å². The van der Waals surface area contributed by atoms with Gasteiger partial charge >= 0.3 is 11.9 Å². The standard InChI is InChI=1S/C21H24ClNO4/c1-5-23-13(4)17(20(24)26-10-12(2)3)18(14-8-6-7-9-15(14)22)19-16(23)11-27-21(19)25/h6-9,12,18H,5,10-11H2,1-4H3. The third kappa shape index (κ3) is 3.48. The molecule has 0 aromatic heterocycles. The maximum atomic E-state index is 13.0. The summed E-state index contributed by atoms with van der Waals surface area (Å²) >= 11 is 6.45. The van der Waals surface area contributed by atoms with Crippen LogP contribution in [0.1, 0.15) is 39.2 Å². The summed E-state index contributed by atoms with van der Waals surface area (Å²) < 4.78 is 10.9. The Balaban J connectivity index is 2.17. The highest BCUT2D eigenvalue weighted by molar-refractivity contribution is 6.31. The lowest BCUT2D eigenvalue weighted by Gasteiger charge is -2.35. The number of nitrogens with zero attached hydrogens (tertiary/aromatic N) is 1. The molecular weight excluding hydrogens is 366 g/mol. The second-order valence-electron chi connectivity index (χ2n) is 7.13. The summed E-state index contributed by atoms with van der Waals surface area (Å²) in [4.78, 5) is 27.6. The predicted molar refractivity (Wildman–Crippen MR) is 103 cm³/mol. The van der Waals surface area contributed by atoms with Crippen LogP contribution in [0.5, 0.6) is 0 Å². The van der Waals surface area contributed by atoms with Crippen LogP contribution in [0.25, 0.3) is 0 Å². The third-order valence-electron chi connectivity index (χ3n) is 4.87. The fourth-order valence-electron chi connectivity index (χ4n) is 3.65. The fraction of sp³-hybridized carbons (Fsp3) is 0.429. The highest BCUT2D eigenvalue weighted by Gasteiger charge is 2.45. The van der Waals surface area contributed by atoms with Gasteiger partial charge in [-0.05, 0) is 31.4 Å². The fourth-order valence-corrected chi connectivity index (χ4v) is 3.89. The van der Waals surface area contributed by atoms with E-state index in [1.807, 2.05) is 50.8 Å². The van der Waals surface area contributed by atoms with Crippen LogP contribution < -0.4 is 0 Å². The Labute approximate surface area is 164 Å². The van der Waals surface area contributed by atoms with E-state index in [2.05, 4.69) is 0 Å². The summed E-state index contributed by atoms with van der Waals surface area (Å²) in [5.41, 5.74) is 3.20. The van der Waals surface area contributed by atoms with Gasteiger partial charge in [0.25, 0.3) is 0 Å². The maximum Gasteiger partial charge on any atom is 0.337 e. The number of allylic oxidation sites excluding steroid dienone is 1. The number of hydrogen-bond acceptors (Lipinski definition) is 5. The minimum Gasteiger partial charge on any atom is -0.462 e. The average molecular weight is 390 g/mol. The van der Waals surface area contributed by atoms with E-state index < -0.39 is 17.9 Å². The van der Waals surface area contributed by atoms with Crippen LogP contribution in [0, 0.1) is 5.92 Å². The Morgan fingerprint density at radius 1 is 1.37 bits per heavy atom. The van der Waals surface area contributed by atoms with Gasteiger partial charge in [0.2, 0.25) is 0 Å². The van der Waals surface area contributed by atoms with Gasteiger partial charge in [0.05, 0.1) is 29.4 Å². The highest BCUT2D eigenvalue weighted by Crippen LogP contribution is 2.46. The van der Waals surface area contributed by atoms with Gasteiger partial charge in [-0.2, -0.15) is 0 Å². The van der Waals surface area contributed by atoms with Crippen LogP contribution in [0.3, 0.4) is 0 Å². The molecule has 3 rings (SSSR count). The van der Waals surface area contributed by atoms with Gasteiger partial charge in [0.1, 0.15) is 6.61 Å². The van der Waals surface area contributed by atoms with Crippen LogP contribution in [0.15, 0.2) is 46.8 Å². The second kappa shape index (κ2) is 7.77. The summed E-state index contributed by atoms with van der Waals surface area (Å²) in [5.74, 6) is -1.21. The van der Waals surface area contributed by atoms with Crippen molar-refractivity contribution in [3.63, 3.8) is 0 Å². The van der Waals surface area contributed by atoms with Gasteiger partial charge in [-0.25, -0.2) is 9.59 Å². The molecule has 27 heavy (non-hydrogen) atoms. The molecule has 1 unspecified atom stereocenters. The molecule has 1 atom stereocenters. The van der Waals surface area contributed by atoms with Gasteiger partial charge in [-0.15, -0.1) is 0 Å². The van der Waals surface area contributed by atoms with Crippen LogP contribution >= 0.6 is 11.6 Å². The van der Waals surface area contributed by atoms with E-state index in [1.54, 1.807) is 6.07 Å². The summed E-state index contributed by atoms with van der Waals surface area (Å²) in [5, 5.41) is 0.501. The summed E-state index contributed by atoms with van der Waals surface area (Å²) in [6.45, 7) is 8.96. The summed E-state index contributed by atoms with van der Waals surface area (Å²) in [6.07, 6.45) is 0. The molecule has 0 N–H and O–H groups in total. The SMILES string of the molecule is CCN1C(C)=C(C(=O)OCC(C)C)C(c2ccccc2Cl)C2=C1COC2=O. The second-order valence-corrected chi connectivity index (χ2v) is 7.53. The van der Waals surface area contributed by atoms with Gasteiger partial charge < -0.3 is 14.4 Å². The van der Waals surface area contributed by atoms with Crippen molar-refractivity contribution in [3.8, 4) is 0 Å². The molecule has 5 nitrogen and oxygen atoms in total. The van der Waals surface area contributed by atoms with Crippen molar-refractivity contribution in [3.05, 3.63) is 57.4 Å². The number of carbonyl (C=O) groups is 2. The zero-order valence-electron chi connectivity index (χ0n) is 16.0. The number of benzene rings is 1. The van der Waals surface area contributed by atoms with E-state index in [0.717, 1.165) is 11.4 Å². The molecule has 2 aliphatic heterocycles. The van der Waals surface area contributed by atoms with Crippen LogP contribution in [-0.4, -0.2) is 36.6 Å². The molecule has 0 fully saturated rings. The number of halogens is 1. The Morgan fingerprint density at radius 2 is 2.07 bits per heavy atom. The molecule has 0 saturated carbocycles. The van der Waals surface area contributed by atoms with Crippen LogP contribution in [-0.2, 0) is 19.1 Å².